The smallest absolute Gasteiger partial charge is 0.0771 e. The summed E-state index contributed by atoms with van der Waals surface area (Å²) in [5, 5.41) is 5.39. The minimum Gasteiger partial charge on any atom is -0.147 e. The van der Waals surface area contributed by atoms with E-state index >= 15 is 0 Å². The van der Waals surface area contributed by atoms with Gasteiger partial charge in [0.15, 0.2) is 0 Å². The molecule has 0 bridgehead atoms. The Morgan fingerprint density at radius 2 is 1.38 bits per heavy atom. The van der Waals surface area contributed by atoms with Crippen LogP contribution in [0.5, 0.6) is 11.5 Å². The predicted octanol–water partition coefficient (Wildman–Crippen LogP) is 8.15. The Morgan fingerprint density at radius 1 is 0.824 bits per heavy atom. The zero-order chi connectivity index (χ0) is 22.9. The quantitative estimate of drug-likeness (QED) is 0.231. The molecule has 5 rings (SSSR count). The maximum atomic E-state index is 5.36. The second-order valence-corrected chi connectivity index (χ2v) is 10.0. The molecular weight excluding hydrogens is 542 g/mol. The van der Waals surface area contributed by atoms with Gasteiger partial charge in [0.05, 0.1) is 14.2 Å². The van der Waals surface area contributed by atoms with E-state index in [1.54, 1.807) is 38.5 Å². The van der Waals surface area contributed by atoms with Crippen molar-refractivity contribution >= 4 is 55.1 Å². The van der Waals surface area contributed by atoms with Gasteiger partial charge in [-0.1, -0.05) is 54.4 Å². The van der Waals surface area contributed by atoms with E-state index in [1.807, 2.05) is 18.2 Å². The number of halogens is 2. The third-order valence-electron chi connectivity index (χ3n) is 4.91. The van der Waals surface area contributed by atoms with Crippen LogP contribution in [0.25, 0.3) is 27.1 Å². The fourth-order valence-electron chi connectivity index (χ4n) is 3.59. The van der Waals surface area contributed by atoms with Crippen molar-refractivity contribution in [1.29, 1.82) is 0 Å². The number of fused-ring (bicyclic) bond motifs is 3. The molecule has 0 fully saturated rings. The monoisotopic (exact) mass is 570 g/mol. The zero-order valence-corrected chi connectivity index (χ0v) is 24.0. The molecule has 0 radical (unpaired) electrons. The van der Waals surface area contributed by atoms with Crippen LogP contribution in [0.2, 0.25) is 0 Å². The molecule has 1 aliphatic carbocycles. The normalized spacial score (nSPS) is 11.2. The number of methoxy groups -OCH3 is 2. The van der Waals surface area contributed by atoms with Crippen molar-refractivity contribution in [3.8, 4) is 11.5 Å². The van der Waals surface area contributed by atoms with E-state index < -0.39 is 0 Å². The number of ether oxygens (including phenoxy) is 2. The molecule has 0 saturated carbocycles. The number of hydrogen-bond donors (Lipinski definition) is 0. The molecule has 176 valence electrons. The number of allylic oxidation sites excluding steroid dienone is 4. The number of para-hydroxylation sites is 1. The summed E-state index contributed by atoms with van der Waals surface area (Å²) in [7, 11) is 3.30. The molecule has 34 heavy (non-hydrogen) atoms. The van der Waals surface area contributed by atoms with Gasteiger partial charge in [-0.15, -0.1) is 76.7 Å². The second-order valence-electron chi connectivity index (χ2n) is 7.56. The Morgan fingerprint density at radius 3 is 1.85 bits per heavy atom. The molecule has 0 heterocycles. The molecule has 0 atom stereocenters. The van der Waals surface area contributed by atoms with Crippen LogP contribution in [0.4, 0.5) is 0 Å². The molecular formula is C29H30Cl2O2Zr. The van der Waals surface area contributed by atoms with Crippen LogP contribution >= 0.6 is 24.8 Å². The molecule has 1 aliphatic rings. The molecule has 4 aromatic rings. The molecule has 0 N–H and O–H groups in total. The largest absolute Gasteiger partial charge is 0.147 e. The summed E-state index contributed by atoms with van der Waals surface area (Å²) >= 11 is 1.55. The summed E-state index contributed by atoms with van der Waals surface area (Å²) in [6, 6.07) is 25.1. The van der Waals surface area contributed by atoms with Gasteiger partial charge in [0.25, 0.3) is 0 Å². The van der Waals surface area contributed by atoms with Gasteiger partial charge in [0.2, 0.25) is 0 Å². The van der Waals surface area contributed by atoms with Crippen LogP contribution in [-0.4, -0.2) is 17.4 Å². The zero-order valence-electron chi connectivity index (χ0n) is 19.9. The first-order valence-corrected chi connectivity index (χ1v) is 11.8. The van der Waals surface area contributed by atoms with Crippen molar-refractivity contribution in [1.82, 2.24) is 0 Å². The third-order valence-corrected chi connectivity index (χ3v) is 4.91. The van der Waals surface area contributed by atoms with Crippen LogP contribution in [-0.2, 0) is 24.2 Å². The van der Waals surface area contributed by atoms with Crippen LogP contribution < -0.4 is 9.47 Å². The van der Waals surface area contributed by atoms with Gasteiger partial charge in [-0.2, -0.15) is 17.7 Å². The molecule has 0 aliphatic heterocycles. The average Bonchev–Trinajstić information content (AvgIpc) is 3.46. The molecule has 2 nitrogen and oxygen atoms in total. The van der Waals surface area contributed by atoms with Gasteiger partial charge in [-0.05, 0) is 6.07 Å². The Bertz CT molecular complexity index is 1220. The summed E-state index contributed by atoms with van der Waals surface area (Å²) in [6.07, 6.45) is 8.27. The fourth-order valence-corrected chi connectivity index (χ4v) is 3.59. The first kappa shape index (κ1) is 30.0. The van der Waals surface area contributed by atoms with Gasteiger partial charge in [0.1, 0.15) is 11.5 Å². The number of benzene rings is 3. The SMILES string of the molecule is COc1cccc(C2=[C-]CC=C2)c1OC.C[C](C)=[Zr+2].Cl.Cl.c1ccc2c(c1)[cH-]c1ccccc12. The van der Waals surface area contributed by atoms with Crippen LogP contribution in [0.3, 0.4) is 0 Å². The van der Waals surface area contributed by atoms with Crippen molar-refractivity contribution in [2.24, 2.45) is 0 Å². The Balaban J connectivity index is 0.000000282. The number of hydrogen-bond acceptors (Lipinski definition) is 2. The summed E-state index contributed by atoms with van der Waals surface area (Å²) in [5.41, 5.74) is 2.11. The molecule has 0 amide bonds. The molecule has 5 heteroatoms. The third kappa shape index (κ3) is 7.74. The topological polar surface area (TPSA) is 18.5 Å². The minimum atomic E-state index is 0. The summed E-state index contributed by atoms with van der Waals surface area (Å²) in [6.45, 7) is 4.25. The van der Waals surface area contributed by atoms with E-state index in [-0.39, 0.29) is 24.8 Å². The Kier molecular flexibility index (Phi) is 13.3. The van der Waals surface area contributed by atoms with Crippen molar-refractivity contribution in [3.05, 3.63) is 96.6 Å². The predicted molar refractivity (Wildman–Crippen MR) is 148 cm³/mol. The van der Waals surface area contributed by atoms with E-state index in [9.17, 15) is 0 Å². The van der Waals surface area contributed by atoms with E-state index in [1.165, 1.54) is 24.8 Å². The average molecular weight is 573 g/mol. The minimum absolute atomic E-state index is 0. The van der Waals surface area contributed by atoms with Gasteiger partial charge in [-0.3, -0.25) is 0 Å². The van der Waals surface area contributed by atoms with Gasteiger partial charge >= 0.3 is 41.3 Å². The number of rotatable bonds is 3. The van der Waals surface area contributed by atoms with Gasteiger partial charge in [-0.25, -0.2) is 0 Å². The van der Waals surface area contributed by atoms with E-state index in [2.05, 4.69) is 86.7 Å². The van der Waals surface area contributed by atoms with E-state index in [0.717, 1.165) is 29.1 Å². The summed E-state index contributed by atoms with van der Waals surface area (Å²) in [4.78, 5) is 0. The Hall–Kier alpha value is -2.06. The first-order valence-electron chi connectivity index (χ1n) is 10.6. The van der Waals surface area contributed by atoms with Crippen LogP contribution in [0.15, 0.2) is 84.9 Å². The molecule has 4 aromatic carbocycles. The second kappa shape index (κ2) is 15.0. The summed E-state index contributed by atoms with van der Waals surface area (Å²) in [5.74, 6) is 1.53. The molecule has 0 spiro atoms. The van der Waals surface area contributed by atoms with E-state index in [4.69, 9.17) is 9.47 Å². The van der Waals surface area contributed by atoms with Crippen molar-refractivity contribution < 1.29 is 33.7 Å². The van der Waals surface area contributed by atoms with Crippen molar-refractivity contribution in [3.63, 3.8) is 0 Å². The fraction of sp³-hybridized carbons (Fsp3) is 0.172. The van der Waals surface area contributed by atoms with Crippen molar-refractivity contribution in [2.75, 3.05) is 14.2 Å². The molecule has 0 unspecified atom stereocenters. The Labute approximate surface area is 230 Å². The maximum absolute atomic E-state index is 5.36. The standard InChI is InChI=1S/C13H13O2.C13H9.C3H6.2ClH.Zr/c1-14-12-9-5-8-11(13(12)15-2)10-6-3-4-7-10;1-3-7-12-10(5-1)9-11-6-2-4-8-13(11)12;1-3-2;;;/h3,5-6,8-9H,4H2,1-2H3;1-9H;1-2H3;2*1H;/q2*-1;;;;+2. The summed E-state index contributed by atoms with van der Waals surface area (Å²) < 4.78 is 12.1. The molecule has 0 saturated heterocycles. The first-order chi connectivity index (χ1) is 15.5. The maximum Gasteiger partial charge on any atom is -0.0771 e. The molecule has 0 aromatic heterocycles. The van der Waals surface area contributed by atoms with Crippen molar-refractivity contribution in [2.45, 2.75) is 20.3 Å². The van der Waals surface area contributed by atoms with Gasteiger partial charge < -0.3 is 9.47 Å². The van der Waals surface area contributed by atoms with Gasteiger partial charge in [0, 0.05) is 0 Å². The van der Waals surface area contributed by atoms with E-state index in [0.29, 0.717) is 0 Å². The van der Waals surface area contributed by atoms with Crippen LogP contribution in [0, 0.1) is 6.08 Å². The van der Waals surface area contributed by atoms with Crippen LogP contribution in [0.1, 0.15) is 25.8 Å².